The van der Waals surface area contributed by atoms with Gasteiger partial charge in [-0.2, -0.15) is 0 Å². The van der Waals surface area contributed by atoms with Crippen LogP contribution in [0.4, 0.5) is 0 Å². The van der Waals surface area contributed by atoms with E-state index in [0.29, 0.717) is 62.2 Å². The number of unbranched alkanes of at least 4 members (excludes halogenated alkanes) is 1. The van der Waals surface area contributed by atoms with Crippen LogP contribution in [0.1, 0.15) is 84.5 Å². The van der Waals surface area contributed by atoms with Gasteiger partial charge in [-0.25, -0.2) is 0 Å². The van der Waals surface area contributed by atoms with Crippen LogP contribution in [0.15, 0.2) is 0 Å². The van der Waals surface area contributed by atoms with E-state index in [0.717, 1.165) is 38.6 Å². The summed E-state index contributed by atoms with van der Waals surface area (Å²) < 4.78 is 5.35. The summed E-state index contributed by atoms with van der Waals surface area (Å²) in [6, 6.07) is 0.329. The summed E-state index contributed by atoms with van der Waals surface area (Å²) in [7, 11) is 0. The van der Waals surface area contributed by atoms with Crippen molar-refractivity contribution in [1.82, 2.24) is 20.0 Å². The number of rotatable bonds is 7. The molecule has 5 atom stereocenters. The molecular weight excluding hydrogens is 476 g/mol. The molecule has 5 rings (SSSR count). The fraction of sp³-hybridized carbons (Fsp3) is 0.929. The number of carbonyl (C=O) groups is 2. The summed E-state index contributed by atoms with van der Waals surface area (Å²) in [5.74, 6) is 1.07. The smallest absolute Gasteiger partial charge is 0.251 e. The lowest BCUT2D eigenvalue weighted by Crippen LogP contribution is -2.55. The largest absolute Gasteiger partial charge is 0.368 e. The van der Waals surface area contributed by atoms with Crippen LogP contribution < -0.4 is 5.32 Å². The minimum Gasteiger partial charge on any atom is -0.368 e. The number of alkyl halides is 1. The first-order chi connectivity index (χ1) is 17.4. The van der Waals surface area contributed by atoms with Gasteiger partial charge in [0, 0.05) is 51.1 Å². The molecule has 2 amide bonds. The Labute approximate surface area is 222 Å². The summed E-state index contributed by atoms with van der Waals surface area (Å²) in [5.41, 5.74) is 0.540. The number of hydrogen-bond acceptors (Lipinski definition) is 5. The fourth-order valence-corrected chi connectivity index (χ4v) is 8.02. The lowest BCUT2D eigenvalue weighted by atomic mass is 9.72. The molecule has 5 unspecified atom stereocenters. The molecule has 0 aromatic carbocycles. The van der Waals surface area contributed by atoms with Crippen molar-refractivity contribution >= 4 is 23.4 Å². The van der Waals surface area contributed by atoms with Crippen molar-refractivity contribution in [2.45, 2.75) is 108 Å². The zero-order valence-electron chi connectivity index (χ0n) is 22.4. The van der Waals surface area contributed by atoms with Gasteiger partial charge in [0.1, 0.15) is 11.6 Å². The van der Waals surface area contributed by atoms with Crippen molar-refractivity contribution in [2.75, 3.05) is 39.3 Å². The van der Waals surface area contributed by atoms with E-state index >= 15 is 0 Å². The zero-order valence-corrected chi connectivity index (χ0v) is 23.2. The molecule has 4 saturated heterocycles. The molecule has 0 bridgehead atoms. The van der Waals surface area contributed by atoms with Gasteiger partial charge >= 0.3 is 0 Å². The predicted octanol–water partition coefficient (Wildman–Crippen LogP) is 3.80. The summed E-state index contributed by atoms with van der Waals surface area (Å²) >= 11 is 7.07. The molecule has 5 fully saturated rings. The monoisotopic (exact) mass is 522 g/mol. The number of hydrogen-bond donors (Lipinski definition) is 1. The third kappa shape index (κ3) is 5.32. The van der Waals surface area contributed by atoms with Crippen LogP contribution in [0.5, 0.6) is 0 Å². The van der Waals surface area contributed by atoms with Crippen LogP contribution in [0.25, 0.3) is 0 Å². The maximum Gasteiger partial charge on any atom is 0.251 e. The van der Waals surface area contributed by atoms with E-state index in [-0.39, 0.29) is 23.4 Å². The highest BCUT2D eigenvalue weighted by molar-refractivity contribution is 6.21. The molecule has 1 N–H and O–H groups in total. The van der Waals surface area contributed by atoms with Gasteiger partial charge in [-0.3, -0.25) is 19.8 Å². The third-order valence-corrected chi connectivity index (χ3v) is 10.8. The average molecular weight is 523 g/mol. The first-order valence-electron chi connectivity index (χ1n) is 14.8. The molecule has 8 heteroatoms. The Bertz CT molecular complexity index is 779. The summed E-state index contributed by atoms with van der Waals surface area (Å²) in [6.45, 7) is 9.03. The normalized spacial score (nSPS) is 39.5. The molecule has 7 nitrogen and oxygen atoms in total. The van der Waals surface area contributed by atoms with Crippen LogP contribution in [0.3, 0.4) is 0 Å². The Morgan fingerprint density at radius 2 is 1.64 bits per heavy atom. The van der Waals surface area contributed by atoms with Crippen LogP contribution in [0.2, 0.25) is 0 Å². The first kappa shape index (κ1) is 26.7. The van der Waals surface area contributed by atoms with Gasteiger partial charge in [0.05, 0.1) is 12.8 Å². The maximum absolute atomic E-state index is 13.3. The predicted molar refractivity (Wildman–Crippen MR) is 142 cm³/mol. The van der Waals surface area contributed by atoms with Gasteiger partial charge in [0.2, 0.25) is 5.91 Å². The van der Waals surface area contributed by atoms with Gasteiger partial charge in [-0.05, 0) is 56.3 Å². The molecule has 5 aliphatic rings. The van der Waals surface area contributed by atoms with Crippen molar-refractivity contribution in [2.24, 2.45) is 17.3 Å². The minimum absolute atomic E-state index is 0.0681. The quantitative estimate of drug-likeness (QED) is 0.407. The number of amides is 2. The number of piperidine rings is 1. The molecule has 4 aliphatic heterocycles. The van der Waals surface area contributed by atoms with Crippen LogP contribution in [0, 0.1) is 17.3 Å². The van der Waals surface area contributed by atoms with Gasteiger partial charge in [-0.1, -0.05) is 33.1 Å². The summed E-state index contributed by atoms with van der Waals surface area (Å²) in [5, 5.41) is 3.97. The first-order valence-corrected chi connectivity index (χ1v) is 15.2. The summed E-state index contributed by atoms with van der Waals surface area (Å²) in [4.78, 5) is 32.1. The van der Waals surface area contributed by atoms with Gasteiger partial charge in [-0.15, -0.1) is 11.6 Å². The molecule has 1 aliphatic carbocycles. The average Bonchev–Trinajstić information content (AvgIpc) is 3.21. The second-order valence-corrected chi connectivity index (χ2v) is 12.6. The van der Waals surface area contributed by atoms with E-state index in [4.69, 9.17) is 16.3 Å². The zero-order chi connectivity index (χ0) is 25.3. The molecule has 0 radical (unpaired) electrons. The van der Waals surface area contributed by atoms with Crippen LogP contribution in [-0.4, -0.2) is 89.7 Å². The van der Waals surface area contributed by atoms with E-state index in [9.17, 15) is 9.59 Å². The van der Waals surface area contributed by atoms with Crippen molar-refractivity contribution in [3.8, 4) is 0 Å². The molecule has 0 spiro atoms. The highest BCUT2D eigenvalue weighted by Gasteiger charge is 2.49. The molecule has 4 heterocycles. The van der Waals surface area contributed by atoms with E-state index in [2.05, 4.69) is 24.1 Å². The van der Waals surface area contributed by atoms with Gasteiger partial charge in [0.25, 0.3) is 5.91 Å². The lowest BCUT2D eigenvalue weighted by molar-refractivity contribution is -0.159. The number of nitrogens with zero attached hydrogens (tertiary/aromatic N) is 3. The molecule has 1 saturated carbocycles. The van der Waals surface area contributed by atoms with Crippen molar-refractivity contribution < 1.29 is 14.3 Å². The number of piperazine rings is 1. The Hall–Kier alpha value is -0.890. The second-order valence-electron chi connectivity index (χ2n) is 12.1. The van der Waals surface area contributed by atoms with Crippen molar-refractivity contribution in [3.63, 3.8) is 0 Å². The molecule has 36 heavy (non-hydrogen) atoms. The SMILES string of the molecule is CCCCC1(CC)CCN2C(C1)NC(C1CCC(C(=O)N3CCN(C(=O)C4CCO4)CC3)CC1)C2Cl. The standard InChI is InChI=1S/C28H47ClN4O3/c1-3-5-11-28(4-2)12-13-33-23(19-28)30-24(25(33)29)20-6-8-21(9-7-20)26(34)31-14-16-32(17-15-31)27(35)22-10-18-36-22/h20-25,30H,3-19H2,1-2H3. The number of carbonyl (C=O) groups excluding carboxylic acids is 2. The number of fused-ring (bicyclic) bond motifs is 1. The van der Waals surface area contributed by atoms with E-state index in [1.807, 2.05) is 9.80 Å². The van der Waals surface area contributed by atoms with E-state index in [1.54, 1.807) is 0 Å². The Balaban J connectivity index is 1.09. The number of ether oxygens (including phenoxy) is 1. The molecule has 0 aromatic heterocycles. The highest BCUT2D eigenvalue weighted by Crippen LogP contribution is 2.46. The van der Waals surface area contributed by atoms with E-state index in [1.165, 1.54) is 38.5 Å². The Kier molecular flexibility index (Phi) is 8.51. The topological polar surface area (TPSA) is 65.1 Å². The minimum atomic E-state index is -0.243. The van der Waals surface area contributed by atoms with Gasteiger partial charge < -0.3 is 14.5 Å². The fourth-order valence-electron chi connectivity index (χ4n) is 7.51. The van der Waals surface area contributed by atoms with Crippen molar-refractivity contribution in [1.29, 1.82) is 0 Å². The highest BCUT2D eigenvalue weighted by atomic mass is 35.5. The molecule has 204 valence electrons. The van der Waals surface area contributed by atoms with Gasteiger partial charge in [0.15, 0.2) is 0 Å². The number of nitrogens with one attached hydrogen (secondary N) is 1. The van der Waals surface area contributed by atoms with Crippen LogP contribution in [-0.2, 0) is 14.3 Å². The molecule has 0 aromatic rings. The third-order valence-electron chi connectivity index (χ3n) is 10.2. The Morgan fingerprint density at radius 1 is 0.972 bits per heavy atom. The number of halogens is 1. The van der Waals surface area contributed by atoms with Crippen LogP contribution >= 0.6 is 11.6 Å². The lowest BCUT2D eigenvalue weighted by Gasteiger charge is -2.44. The second kappa shape index (κ2) is 11.5. The molecular formula is C28H47ClN4O3. The van der Waals surface area contributed by atoms with Crippen molar-refractivity contribution in [3.05, 3.63) is 0 Å². The van der Waals surface area contributed by atoms with E-state index < -0.39 is 0 Å². The Morgan fingerprint density at radius 3 is 2.22 bits per heavy atom. The summed E-state index contributed by atoms with van der Waals surface area (Å²) in [6.07, 6.45) is 12.8. The maximum atomic E-state index is 13.3.